The van der Waals surface area contributed by atoms with Gasteiger partial charge in [0, 0.05) is 19.6 Å². The normalized spacial score (nSPS) is 24.4. The summed E-state index contributed by atoms with van der Waals surface area (Å²) in [6, 6.07) is 0. The summed E-state index contributed by atoms with van der Waals surface area (Å²) in [6.07, 6.45) is 2.81. The molecule has 1 atom stereocenters. The van der Waals surface area contributed by atoms with Crippen LogP contribution < -0.4 is 5.32 Å². The molecule has 1 fully saturated rings. The zero-order valence-corrected chi connectivity index (χ0v) is 11.0. The van der Waals surface area contributed by atoms with Crippen molar-refractivity contribution in [3.05, 3.63) is 0 Å². The van der Waals surface area contributed by atoms with E-state index in [1.807, 2.05) is 0 Å². The van der Waals surface area contributed by atoms with Gasteiger partial charge >= 0.3 is 0 Å². The van der Waals surface area contributed by atoms with Gasteiger partial charge < -0.3 is 10.2 Å². The maximum atomic E-state index is 3.46. The van der Waals surface area contributed by atoms with Gasteiger partial charge in [0.2, 0.25) is 0 Å². The third-order valence-electron chi connectivity index (χ3n) is 3.25. The zero-order valence-electron chi connectivity index (χ0n) is 11.0. The van der Waals surface area contributed by atoms with Crippen molar-refractivity contribution in [2.45, 2.75) is 40.5 Å². The van der Waals surface area contributed by atoms with Crippen LogP contribution in [0.5, 0.6) is 0 Å². The molecule has 0 aromatic carbocycles. The average molecular weight is 212 g/mol. The Kier molecular flexibility index (Phi) is 5.07. The molecule has 0 aliphatic carbocycles. The first-order valence-electron chi connectivity index (χ1n) is 6.46. The van der Waals surface area contributed by atoms with Crippen molar-refractivity contribution in [2.75, 3.05) is 32.7 Å². The van der Waals surface area contributed by atoms with E-state index >= 15 is 0 Å². The van der Waals surface area contributed by atoms with E-state index in [9.17, 15) is 0 Å². The zero-order chi connectivity index (χ0) is 11.3. The number of rotatable bonds is 5. The summed E-state index contributed by atoms with van der Waals surface area (Å²) in [6.45, 7) is 15.4. The highest BCUT2D eigenvalue weighted by atomic mass is 15.1. The molecule has 0 aromatic rings. The van der Waals surface area contributed by atoms with Crippen LogP contribution in [0.15, 0.2) is 0 Å². The lowest BCUT2D eigenvalue weighted by Gasteiger charge is -2.37. The first-order chi connectivity index (χ1) is 7.03. The largest absolute Gasteiger partial charge is 0.316 e. The van der Waals surface area contributed by atoms with Gasteiger partial charge in [-0.2, -0.15) is 0 Å². The lowest BCUT2D eigenvalue weighted by molar-refractivity contribution is 0.125. The lowest BCUT2D eigenvalue weighted by atomic mass is 9.90. The Morgan fingerprint density at radius 2 is 2.13 bits per heavy atom. The Bertz CT molecular complexity index is 177. The Hall–Kier alpha value is -0.0800. The standard InChI is InChI=1S/C13H28N2/c1-5-14-10-13(3,4)11-15-8-6-7-12(2)9-15/h12,14H,5-11H2,1-4H3. The second-order valence-corrected chi connectivity index (χ2v) is 5.93. The number of nitrogens with zero attached hydrogens (tertiary/aromatic N) is 1. The fourth-order valence-corrected chi connectivity index (χ4v) is 2.55. The highest BCUT2D eigenvalue weighted by Crippen LogP contribution is 2.21. The van der Waals surface area contributed by atoms with Crippen LogP contribution in [-0.4, -0.2) is 37.6 Å². The minimum Gasteiger partial charge on any atom is -0.316 e. The van der Waals surface area contributed by atoms with Gasteiger partial charge in [-0.05, 0) is 37.3 Å². The van der Waals surface area contributed by atoms with Crippen LogP contribution in [0.25, 0.3) is 0 Å². The van der Waals surface area contributed by atoms with Gasteiger partial charge in [-0.25, -0.2) is 0 Å². The monoisotopic (exact) mass is 212 g/mol. The molecule has 1 unspecified atom stereocenters. The van der Waals surface area contributed by atoms with Crippen molar-refractivity contribution >= 4 is 0 Å². The van der Waals surface area contributed by atoms with E-state index in [0.717, 1.165) is 19.0 Å². The van der Waals surface area contributed by atoms with Crippen LogP contribution >= 0.6 is 0 Å². The van der Waals surface area contributed by atoms with E-state index < -0.39 is 0 Å². The molecular formula is C13H28N2. The van der Waals surface area contributed by atoms with E-state index in [0.29, 0.717) is 5.41 Å². The van der Waals surface area contributed by atoms with E-state index in [1.54, 1.807) is 0 Å². The molecule has 0 saturated carbocycles. The predicted molar refractivity (Wildman–Crippen MR) is 67.2 cm³/mol. The molecule has 2 heteroatoms. The first-order valence-corrected chi connectivity index (χ1v) is 6.46. The summed E-state index contributed by atoms with van der Waals surface area (Å²) in [5.41, 5.74) is 0.410. The molecule has 1 N–H and O–H groups in total. The molecule has 1 heterocycles. The second kappa shape index (κ2) is 5.86. The van der Waals surface area contributed by atoms with Gasteiger partial charge in [-0.15, -0.1) is 0 Å². The summed E-state index contributed by atoms with van der Waals surface area (Å²) in [4.78, 5) is 2.64. The van der Waals surface area contributed by atoms with E-state index in [1.165, 1.54) is 32.5 Å². The maximum Gasteiger partial charge on any atom is 0.00449 e. The van der Waals surface area contributed by atoms with Crippen molar-refractivity contribution in [3.63, 3.8) is 0 Å². The third kappa shape index (κ3) is 4.98. The number of hydrogen-bond acceptors (Lipinski definition) is 2. The molecule has 2 nitrogen and oxygen atoms in total. The van der Waals surface area contributed by atoms with Crippen LogP contribution in [0, 0.1) is 11.3 Å². The summed E-state index contributed by atoms with van der Waals surface area (Å²) in [5, 5.41) is 3.46. The van der Waals surface area contributed by atoms with Gasteiger partial charge in [-0.1, -0.05) is 27.7 Å². The Morgan fingerprint density at radius 1 is 1.40 bits per heavy atom. The van der Waals surface area contributed by atoms with Crippen LogP contribution in [-0.2, 0) is 0 Å². The lowest BCUT2D eigenvalue weighted by Crippen LogP contribution is -2.44. The quantitative estimate of drug-likeness (QED) is 0.752. The van der Waals surface area contributed by atoms with Crippen LogP contribution in [0.3, 0.4) is 0 Å². The molecular weight excluding hydrogens is 184 g/mol. The van der Waals surface area contributed by atoms with Crippen molar-refractivity contribution in [3.8, 4) is 0 Å². The number of hydrogen-bond donors (Lipinski definition) is 1. The fraction of sp³-hybridized carbons (Fsp3) is 1.00. The van der Waals surface area contributed by atoms with Gasteiger partial charge in [-0.3, -0.25) is 0 Å². The Labute approximate surface area is 95.4 Å². The minimum absolute atomic E-state index is 0.410. The minimum atomic E-state index is 0.410. The van der Waals surface area contributed by atoms with E-state index in [4.69, 9.17) is 0 Å². The molecule has 0 bridgehead atoms. The number of nitrogens with one attached hydrogen (secondary N) is 1. The molecule has 90 valence electrons. The Balaban J connectivity index is 2.31. The number of piperidine rings is 1. The highest BCUT2D eigenvalue weighted by molar-refractivity contribution is 4.79. The molecule has 1 aliphatic rings. The van der Waals surface area contributed by atoms with Gasteiger partial charge in [0.25, 0.3) is 0 Å². The summed E-state index contributed by atoms with van der Waals surface area (Å²) < 4.78 is 0. The SMILES string of the molecule is CCNCC(C)(C)CN1CCCC(C)C1. The smallest absolute Gasteiger partial charge is 0.00449 e. The van der Waals surface area contributed by atoms with Crippen molar-refractivity contribution in [2.24, 2.45) is 11.3 Å². The fourth-order valence-electron chi connectivity index (χ4n) is 2.55. The van der Waals surface area contributed by atoms with Gasteiger partial charge in [0.05, 0.1) is 0 Å². The molecule has 1 aliphatic heterocycles. The van der Waals surface area contributed by atoms with Crippen LogP contribution in [0.2, 0.25) is 0 Å². The molecule has 15 heavy (non-hydrogen) atoms. The van der Waals surface area contributed by atoms with Crippen LogP contribution in [0.1, 0.15) is 40.5 Å². The van der Waals surface area contributed by atoms with Crippen molar-refractivity contribution in [1.82, 2.24) is 10.2 Å². The van der Waals surface area contributed by atoms with Crippen molar-refractivity contribution < 1.29 is 0 Å². The predicted octanol–water partition coefficient (Wildman–Crippen LogP) is 2.35. The highest BCUT2D eigenvalue weighted by Gasteiger charge is 2.24. The van der Waals surface area contributed by atoms with Crippen LogP contribution in [0.4, 0.5) is 0 Å². The summed E-state index contributed by atoms with van der Waals surface area (Å²) in [5.74, 6) is 0.897. The van der Waals surface area contributed by atoms with Gasteiger partial charge in [0.1, 0.15) is 0 Å². The Morgan fingerprint density at radius 3 is 2.73 bits per heavy atom. The number of likely N-dealkylation sites (tertiary alicyclic amines) is 1. The topological polar surface area (TPSA) is 15.3 Å². The molecule has 1 saturated heterocycles. The molecule has 0 radical (unpaired) electrons. The van der Waals surface area contributed by atoms with Gasteiger partial charge in [0.15, 0.2) is 0 Å². The first kappa shape index (κ1) is 13.0. The maximum absolute atomic E-state index is 3.46. The summed E-state index contributed by atoms with van der Waals surface area (Å²) >= 11 is 0. The molecule has 0 amide bonds. The molecule has 0 spiro atoms. The second-order valence-electron chi connectivity index (χ2n) is 5.93. The van der Waals surface area contributed by atoms with Crippen molar-refractivity contribution in [1.29, 1.82) is 0 Å². The molecule has 1 rings (SSSR count). The third-order valence-corrected chi connectivity index (χ3v) is 3.25. The molecule has 0 aromatic heterocycles. The average Bonchev–Trinajstić information content (AvgIpc) is 2.14. The van der Waals surface area contributed by atoms with E-state index in [2.05, 4.69) is 37.9 Å². The van der Waals surface area contributed by atoms with E-state index in [-0.39, 0.29) is 0 Å². The summed E-state index contributed by atoms with van der Waals surface area (Å²) in [7, 11) is 0.